The van der Waals surface area contributed by atoms with Gasteiger partial charge >= 0.3 is 0 Å². The van der Waals surface area contributed by atoms with Gasteiger partial charge in [0.05, 0.1) is 69.2 Å². The Kier molecular flexibility index (Phi) is 15.8. The molecular weight excluding hydrogens is 997 g/mol. The lowest BCUT2D eigenvalue weighted by Gasteiger charge is -2.09. The molecule has 0 aliphatic heterocycles. The summed E-state index contributed by atoms with van der Waals surface area (Å²) in [6.45, 7) is 5.71. The van der Waals surface area contributed by atoms with Crippen LogP contribution in [0.5, 0.6) is 28.7 Å². The maximum atomic E-state index is 12.8. The molecule has 0 saturated carbocycles. The maximum Gasteiger partial charge on any atom is 0.269 e. The molecule has 21 heteroatoms. The zero-order chi connectivity index (χ0) is 53.3. The summed E-state index contributed by atoms with van der Waals surface area (Å²) in [6.07, 6.45) is 11.2. The number of aromatic amines is 3. The van der Waals surface area contributed by atoms with Crippen molar-refractivity contribution in [2.24, 2.45) is 0 Å². The van der Waals surface area contributed by atoms with Crippen LogP contribution in [0.25, 0.3) is 55.2 Å². The number of aromatic nitrogens is 10. The average molecular weight is 1050 g/mol. The van der Waals surface area contributed by atoms with Crippen LogP contribution < -0.4 is 18.9 Å². The number of rotatable bonds is 8. The summed E-state index contributed by atoms with van der Waals surface area (Å²) in [5, 5.41) is 13.6. The minimum atomic E-state index is -3.66. The van der Waals surface area contributed by atoms with E-state index in [9.17, 15) is 16.8 Å². The molecule has 75 heavy (non-hydrogen) atoms. The molecule has 12 aromatic rings. The molecule has 384 valence electrons. The molecule has 4 N–H and O–H groups in total. The Hall–Kier alpha value is -9.21. The first-order valence-electron chi connectivity index (χ1n) is 22.9. The highest BCUT2D eigenvalue weighted by Crippen LogP contribution is 2.27. The highest BCUT2D eigenvalue weighted by molar-refractivity contribution is 7.90. The second-order valence-electron chi connectivity index (χ2n) is 16.5. The molecule has 0 atom stereocenters. The fourth-order valence-corrected chi connectivity index (χ4v) is 10.6. The number of H-pyrrole nitrogens is 3. The Morgan fingerprint density at radius 3 is 1.51 bits per heavy atom. The van der Waals surface area contributed by atoms with Gasteiger partial charge in [0.25, 0.3) is 20.0 Å². The third-order valence-corrected chi connectivity index (χ3v) is 14.8. The number of hydrogen-bond donors (Lipinski definition) is 4. The highest BCUT2D eigenvalue weighted by Gasteiger charge is 2.23. The van der Waals surface area contributed by atoms with E-state index in [1.54, 1.807) is 139 Å². The van der Waals surface area contributed by atoms with Crippen LogP contribution in [0.3, 0.4) is 0 Å². The lowest BCUT2D eigenvalue weighted by atomic mass is 10.3. The van der Waals surface area contributed by atoms with Gasteiger partial charge < -0.3 is 39.0 Å². The van der Waals surface area contributed by atoms with E-state index in [0.29, 0.717) is 33.9 Å². The van der Waals surface area contributed by atoms with E-state index >= 15 is 0 Å². The Balaban J connectivity index is 0.000000128. The summed E-state index contributed by atoms with van der Waals surface area (Å²) in [5.74, 6) is 2.97. The molecular formula is C54H52N10O9S2. The van der Waals surface area contributed by atoms with Gasteiger partial charge in [0, 0.05) is 56.4 Å². The Bertz CT molecular complexity index is 4120. The van der Waals surface area contributed by atoms with Crippen molar-refractivity contribution in [3.8, 4) is 28.7 Å². The van der Waals surface area contributed by atoms with Crippen LogP contribution in [0.15, 0.2) is 174 Å². The van der Waals surface area contributed by atoms with Crippen molar-refractivity contribution in [2.75, 3.05) is 28.4 Å². The molecule has 0 unspecified atom stereocenters. The number of benzene rings is 2. The van der Waals surface area contributed by atoms with E-state index in [1.165, 1.54) is 32.7 Å². The molecule has 19 nitrogen and oxygen atoms in total. The van der Waals surface area contributed by atoms with Crippen molar-refractivity contribution in [2.45, 2.75) is 30.6 Å². The normalized spacial score (nSPS) is 11.1. The van der Waals surface area contributed by atoms with Gasteiger partial charge in [-0.2, -0.15) is 0 Å². The lowest BCUT2D eigenvalue weighted by Crippen LogP contribution is -2.14. The lowest BCUT2D eigenvalue weighted by molar-refractivity contribution is 0.413. The average Bonchev–Trinajstić information content (AvgIpc) is 4.28. The minimum Gasteiger partial charge on any atom is -0.506 e. The van der Waals surface area contributed by atoms with Crippen LogP contribution in [0.1, 0.15) is 17.1 Å². The predicted molar refractivity (Wildman–Crippen MR) is 288 cm³/mol. The summed E-state index contributed by atoms with van der Waals surface area (Å²) in [5.41, 5.74) is 6.18. The van der Waals surface area contributed by atoms with E-state index in [2.05, 4.69) is 39.9 Å². The maximum absolute atomic E-state index is 12.8. The second-order valence-corrected chi connectivity index (χ2v) is 20.1. The zero-order valence-electron chi connectivity index (χ0n) is 41.7. The van der Waals surface area contributed by atoms with Gasteiger partial charge in [-0.1, -0.05) is 36.4 Å². The van der Waals surface area contributed by atoms with E-state index in [0.717, 1.165) is 61.4 Å². The quantitative estimate of drug-likeness (QED) is 0.111. The number of methoxy groups -OCH3 is 4. The summed E-state index contributed by atoms with van der Waals surface area (Å²) in [4.78, 5) is 30.4. The first kappa shape index (κ1) is 52.1. The van der Waals surface area contributed by atoms with Gasteiger partial charge in [0.1, 0.15) is 45.7 Å². The number of ether oxygens (including phenoxy) is 4. The highest BCUT2D eigenvalue weighted by atomic mass is 32.2. The van der Waals surface area contributed by atoms with Crippen LogP contribution >= 0.6 is 0 Å². The van der Waals surface area contributed by atoms with Crippen LogP contribution in [0.2, 0.25) is 0 Å². The largest absolute Gasteiger partial charge is 0.506 e. The summed E-state index contributed by atoms with van der Waals surface area (Å²) in [7, 11) is -0.921. The number of pyridine rings is 5. The van der Waals surface area contributed by atoms with E-state index < -0.39 is 20.0 Å². The SMILES string of the molecule is COc1cnc2[nH]c(C)cc2c1.COc1cnc2[nH]ccc2c1.COc1cnc2c(c1)cc(C)n2S(=O)(=O)c1ccccc1.COc1cnc2c(ccn2S(=O)(=O)c2ccccc2)c1.Cc1cc2cc(O)cnc2[nH]1. The first-order valence-corrected chi connectivity index (χ1v) is 25.7. The van der Waals surface area contributed by atoms with Gasteiger partial charge in [-0.05, 0) is 106 Å². The standard InChI is InChI=1S/C15H14N2O3S.C14H12N2O3S.C9H10N2O.2C8H8N2O/c1-11-8-12-9-13(20-2)10-16-15(12)17(11)21(18,19)14-6-4-3-5-7-14;1-19-12-9-11-7-8-16(14(11)15-10-12)20(17,18)13-5-3-2-4-6-13;1-6-3-7-4-8(12-2)5-10-9(7)11-6;1-5-2-6-3-7(11)4-9-8(6)10-5;1-11-7-4-6-2-3-9-8(6)10-5-7/h3-10H,1-2H3;2-10H,1H3;3-5H,1-2H3,(H,10,11);2-4,11H,1H3,(H,9,10);2-5H,1H3,(H,9,10). The molecule has 0 aliphatic rings. The smallest absolute Gasteiger partial charge is 0.269 e. The van der Waals surface area contributed by atoms with Crippen molar-refractivity contribution in [3.63, 3.8) is 0 Å². The predicted octanol–water partition coefficient (Wildman–Crippen LogP) is 9.90. The third kappa shape index (κ3) is 11.9. The van der Waals surface area contributed by atoms with Gasteiger partial charge in [-0.15, -0.1) is 0 Å². The molecule has 0 amide bonds. The van der Waals surface area contributed by atoms with Gasteiger partial charge in [-0.3, -0.25) is 0 Å². The molecule has 0 aliphatic carbocycles. The van der Waals surface area contributed by atoms with Crippen molar-refractivity contribution >= 4 is 75.2 Å². The number of aromatic hydroxyl groups is 1. The Morgan fingerprint density at radius 2 is 0.933 bits per heavy atom. The fourth-order valence-electron chi connectivity index (χ4n) is 7.70. The van der Waals surface area contributed by atoms with E-state index in [4.69, 9.17) is 24.1 Å². The van der Waals surface area contributed by atoms with Crippen LogP contribution in [-0.4, -0.2) is 98.2 Å². The van der Waals surface area contributed by atoms with Gasteiger partial charge in [0.15, 0.2) is 11.3 Å². The zero-order valence-corrected chi connectivity index (χ0v) is 43.4. The van der Waals surface area contributed by atoms with Crippen molar-refractivity contribution in [1.82, 2.24) is 47.8 Å². The van der Waals surface area contributed by atoms with Crippen molar-refractivity contribution < 1.29 is 40.9 Å². The van der Waals surface area contributed by atoms with Crippen molar-refractivity contribution in [3.05, 3.63) is 182 Å². The van der Waals surface area contributed by atoms with Gasteiger partial charge in [-0.25, -0.2) is 49.7 Å². The number of nitrogens with one attached hydrogen (secondary N) is 3. The van der Waals surface area contributed by atoms with Crippen LogP contribution in [0, 0.1) is 20.8 Å². The third-order valence-electron chi connectivity index (χ3n) is 11.3. The summed E-state index contributed by atoms with van der Waals surface area (Å²) < 4.78 is 73.4. The van der Waals surface area contributed by atoms with E-state index in [-0.39, 0.29) is 15.5 Å². The molecule has 10 aromatic heterocycles. The summed E-state index contributed by atoms with van der Waals surface area (Å²) in [6, 6.07) is 35.2. The topological polar surface area (TPSA) is 247 Å². The van der Waals surface area contributed by atoms with Crippen LogP contribution in [0.4, 0.5) is 0 Å². The molecule has 0 bridgehead atoms. The van der Waals surface area contributed by atoms with Gasteiger partial charge in [0.2, 0.25) is 0 Å². The van der Waals surface area contributed by atoms with Crippen LogP contribution in [-0.2, 0) is 20.0 Å². The number of hydrogen-bond acceptors (Lipinski definition) is 14. The molecule has 0 fully saturated rings. The van der Waals surface area contributed by atoms with Crippen molar-refractivity contribution in [1.29, 1.82) is 0 Å². The fraction of sp³-hybridized carbons (Fsp3) is 0.130. The molecule has 2 aromatic carbocycles. The monoisotopic (exact) mass is 1050 g/mol. The second kappa shape index (κ2) is 22.7. The van der Waals surface area contributed by atoms with E-state index in [1.807, 2.05) is 50.4 Å². The number of aryl methyl sites for hydroxylation is 3. The number of nitrogens with zero attached hydrogens (tertiary/aromatic N) is 7. The first-order chi connectivity index (χ1) is 36.1. The molecule has 10 heterocycles. The summed E-state index contributed by atoms with van der Waals surface area (Å²) >= 11 is 0. The minimum absolute atomic E-state index is 0.205. The Labute approximate surface area is 431 Å². The molecule has 12 rings (SSSR count). The molecule has 0 spiro atoms. The molecule has 0 radical (unpaired) electrons. The molecule has 0 saturated heterocycles. The number of fused-ring (bicyclic) bond motifs is 5. The Morgan fingerprint density at radius 1 is 0.467 bits per heavy atom.